The van der Waals surface area contributed by atoms with E-state index in [1.54, 1.807) is 0 Å². The highest BCUT2D eigenvalue weighted by molar-refractivity contribution is 7.99. The summed E-state index contributed by atoms with van der Waals surface area (Å²) in [6.45, 7) is 4.35. The average Bonchev–Trinajstić information content (AvgIpc) is 2.18. The van der Waals surface area contributed by atoms with Gasteiger partial charge in [0.2, 0.25) is 0 Å². The van der Waals surface area contributed by atoms with Crippen LogP contribution in [0, 0.1) is 0 Å². The van der Waals surface area contributed by atoms with Crippen LogP contribution in [0.5, 0.6) is 0 Å². The van der Waals surface area contributed by atoms with Crippen molar-refractivity contribution in [3.05, 3.63) is 35.9 Å². The van der Waals surface area contributed by atoms with Crippen molar-refractivity contribution in [1.29, 1.82) is 0 Å². The first-order chi connectivity index (χ1) is 6.25. The zero-order valence-electron chi connectivity index (χ0n) is 8.23. The predicted molar refractivity (Wildman–Crippen MR) is 61.0 cm³/mol. The Morgan fingerprint density at radius 3 is 2.46 bits per heavy atom. The molecule has 0 bridgehead atoms. The van der Waals surface area contributed by atoms with Gasteiger partial charge >= 0.3 is 0 Å². The molecule has 1 aromatic carbocycles. The highest BCUT2D eigenvalue weighted by Crippen LogP contribution is 2.23. The summed E-state index contributed by atoms with van der Waals surface area (Å²) in [5, 5.41) is 0.493. The third kappa shape index (κ3) is 3.05. The lowest BCUT2D eigenvalue weighted by atomic mass is 10.1. The molecule has 0 radical (unpaired) electrons. The van der Waals surface area contributed by atoms with E-state index in [0.717, 1.165) is 5.75 Å². The van der Waals surface area contributed by atoms with E-state index in [-0.39, 0.29) is 6.04 Å². The van der Waals surface area contributed by atoms with Crippen LogP contribution >= 0.6 is 11.8 Å². The van der Waals surface area contributed by atoms with Gasteiger partial charge in [-0.1, -0.05) is 44.2 Å². The van der Waals surface area contributed by atoms with Gasteiger partial charge in [-0.05, 0) is 11.3 Å². The molecule has 1 nitrogen and oxygen atoms in total. The molecule has 2 atom stereocenters. The van der Waals surface area contributed by atoms with Crippen LogP contribution in [0.4, 0.5) is 0 Å². The zero-order valence-corrected chi connectivity index (χ0v) is 9.05. The predicted octanol–water partition coefficient (Wildman–Crippen LogP) is 2.83. The van der Waals surface area contributed by atoms with E-state index in [4.69, 9.17) is 5.73 Å². The number of hydrogen-bond donors (Lipinski definition) is 1. The first-order valence-corrected chi connectivity index (χ1v) is 5.72. The van der Waals surface area contributed by atoms with Gasteiger partial charge in [-0.15, -0.1) is 0 Å². The SMILES string of the molecule is CCSC(C)C(N)c1ccccc1. The second kappa shape index (κ2) is 5.30. The van der Waals surface area contributed by atoms with Crippen molar-refractivity contribution in [2.24, 2.45) is 5.73 Å². The molecule has 0 amide bonds. The Kier molecular flexibility index (Phi) is 4.33. The molecular formula is C11H17NS. The Labute approximate surface area is 84.7 Å². The van der Waals surface area contributed by atoms with Gasteiger partial charge in [-0.3, -0.25) is 0 Å². The van der Waals surface area contributed by atoms with Crippen LogP contribution in [0.3, 0.4) is 0 Å². The van der Waals surface area contributed by atoms with E-state index in [9.17, 15) is 0 Å². The van der Waals surface area contributed by atoms with Crippen LogP contribution < -0.4 is 5.73 Å². The molecular weight excluding hydrogens is 178 g/mol. The van der Waals surface area contributed by atoms with Crippen molar-refractivity contribution in [2.45, 2.75) is 25.1 Å². The quantitative estimate of drug-likeness (QED) is 0.799. The fraction of sp³-hybridized carbons (Fsp3) is 0.455. The molecule has 0 aliphatic rings. The molecule has 0 aliphatic heterocycles. The number of benzene rings is 1. The molecule has 0 saturated heterocycles. The highest BCUT2D eigenvalue weighted by Gasteiger charge is 2.13. The maximum Gasteiger partial charge on any atom is 0.0412 e. The number of hydrogen-bond acceptors (Lipinski definition) is 2. The van der Waals surface area contributed by atoms with Crippen LogP contribution in [0.25, 0.3) is 0 Å². The van der Waals surface area contributed by atoms with Gasteiger partial charge in [0, 0.05) is 11.3 Å². The minimum absolute atomic E-state index is 0.158. The lowest BCUT2D eigenvalue weighted by Gasteiger charge is -2.18. The van der Waals surface area contributed by atoms with Crippen LogP contribution in [-0.4, -0.2) is 11.0 Å². The Hall–Kier alpha value is -0.470. The van der Waals surface area contributed by atoms with E-state index >= 15 is 0 Å². The van der Waals surface area contributed by atoms with E-state index in [0.29, 0.717) is 5.25 Å². The summed E-state index contributed by atoms with van der Waals surface area (Å²) in [5.74, 6) is 1.13. The smallest absolute Gasteiger partial charge is 0.0412 e. The summed E-state index contributed by atoms with van der Waals surface area (Å²) in [6.07, 6.45) is 0. The Bertz CT molecular complexity index is 235. The molecule has 2 N–H and O–H groups in total. The topological polar surface area (TPSA) is 26.0 Å². The molecule has 1 rings (SSSR count). The van der Waals surface area contributed by atoms with Gasteiger partial charge in [-0.2, -0.15) is 11.8 Å². The van der Waals surface area contributed by atoms with E-state index in [1.165, 1.54) is 5.56 Å². The standard InChI is InChI=1S/C11H17NS/c1-3-13-9(2)11(12)10-7-5-4-6-8-10/h4-9,11H,3,12H2,1-2H3. The fourth-order valence-electron chi connectivity index (χ4n) is 1.31. The summed E-state index contributed by atoms with van der Waals surface area (Å²) in [6, 6.07) is 10.4. The van der Waals surface area contributed by atoms with Crippen LogP contribution in [0.1, 0.15) is 25.5 Å². The second-order valence-electron chi connectivity index (χ2n) is 3.10. The molecule has 0 aliphatic carbocycles. The molecule has 1 aromatic rings. The minimum atomic E-state index is 0.158. The number of nitrogens with two attached hydrogens (primary N) is 1. The van der Waals surface area contributed by atoms with Gasteiger partial charge in [0.05, 0.1) is 0 Å². The van der Waals surface area contributed by atoms with E-state index < -0.39 is 0 Å². The van der Waals surface area contributed by atoms with Gasteiger partial charge < -0.3 is 5.73 Å². The summed E-state index contributed by atoms with van der Waals surface area (Å²) in [4.78, 5) is 0. The second-order valence-corrected chi connectivity index (χ2v) is 4.75. The molecule has 72 valence electrons. The molecule has 0 heterocycles. The van der Waals surface area contributed by atoms with Crippen LogP contribution in [0.2, 0.25) is 0 Å². The molecule has 0 saturated carbocycles. The third-order valence-corrected chi connectivity index (χ3v) is 3.27. The first kappa shape index (κ1) is 10.6. The molecule has 0 spiro atoms. The average molecular weight is 195 g/mol. The first-order valence-electron chi connectivity index (χ1n) is 4.67. The van der Waals surface area contributed by atoms with Gasteiger partial charge in [0.15, 0.2) is 0 Å². The molecule has 2 heteroatoms. The maximum atomic E-state index is 6.10. The Morgan fingerprint density at radius 1 is 1.31 bits per heavy atom. The van der Waals surface area contributed by atoms with Crippen molar-refractivity contribution < 1.29 is 0 Å². The lowest BCUT2D eigenvalue weighted by molar-refractivity contribution is 0.715. The van der Waals surface area contributed by atoms with E-state index in [2.05, 4.69) is 26.0 Å². The van der Waals surface area contributed by atoms with Gasteiger partial charge in [-0.25, -0.2) is 0 Å². The maximum absolute atomic E-state index is 6.10. The largest absolute Gasteiger partial charge is 0.323 e. The van der Waals surface area contributed by atoms with Crippen molar-refractivity contribution in [1.82, 2.24) is 0 Å². The molecule has 0 aromatic heterocycles. The van der Waals surface area contributed by atoms with Crippen molar-refractivity contribution in [3.8, 4) is 0 Å². The third-order valence-electron chi connectivity index (χ3n) is 2.12. The normalized spacial score (nSPS) is 15.3. The van der Waals surface area contributed by atoms with Crippen molar-refractivity contribution in [3.63, 3.8) is 0 Å². The summed E-state index contributed by atoms with van der Waals surface area (Å²) < 4.78 is 0. The fourth-order valence-corrected chi connectivity index (χ4v) is 2.20. The summed E-state index contributed by atoms with van der Waals surface area (Å²) in [7, 11) is 0. The van der Waals surface area contributed by atoms with Crippen molar-refractivity contribution >= 4 is 11.8 Å². The zero-order chi connectivity index (χ0) is 9.68. The van der Waals surface area contributed by atoms with Crippen LogP contribution in [-0.2, 0) is 0 Å². The van der Waals surface area contributed by atoms with Gasteiger partial charge in [0.1, 0.15) is 0 Å². The van der Waals surface area contributed by atoms with Gasteiger partial charge in [0.25, 0.3) is 0 Å². The molecule has 2 unspecified atom stereocenters. The number of rotatable bonds is 4. The summed E-state index contributed by atoms with van der Waals surface area (Å²) >= 11 is 1.91. The molecule has 0 fully saturated rings. The van der Waals surface area contributed by atoms with E-state index in [1.807, 2.05) is 30.0 Å². The minimum Gasteiger partial charge on any atom is -0.323 e. The Morgan fingerprint density at radius 2 is 1.92 bits per heavy atom. The molecule has 13 heavy (non-hydrogen) atoms. The Balaban J connectivity index is 2.62. The monoisotopic (exact) mass is 195 g/mol. The summed E-state index contributed by atoms with van der Waals surface area (Å²) in [5.41, 5.74) is 7.34. The lowest BCUT2D eigenvalue weighted by Crippen LogP contribution is -2.21. The van der Waals surface area contributed by atoms with Crippen LogP contribution in [0.15, 0.2) is 30.3 Å². The highest BCUT2D eigenvalue weighted by atomic mass is 32.2. The van der Waals surface area contributed by atoms with Crippen molar-refractivity contribution in [2.75, 3.05) is 5.75 Å². The number of thioether (sulfide) groups is 1.